The first kappa shape index (κ1) is 15.3. The average molecular weight is 348 g/mol. The second kappa shape index (κ2) is 6.05. The Bertz CT molecular complexity index is 1060. The molecule has 2 aromatic carbocycles. The molecule has 2 aromatic heterocycles. The Kier molecular flexibility index (Phi) is 3.55. The van der Waals surface area contributed by atoms with E-state index in [1.54, 1.807) is 6.07 Å². The summed E-state index contributed by atoms with van der Waals surface area (Å²) in [6, 6.07) is 12.8. The minimum Gasteiger partial charge on any atom is -0.440 e. The summed E-state index contributed by atoms with van der Waals surface area (Å²) in [5.41, 5.74) is 2.06. The van der Waals surface area contributed by atoms with Crippen LogP contribution in [0.4, 0.5) is 10.2 Å². The Labute approximate surface area is 149 Å². The van der Waals surface area contributed by atoms with Crippen LogP contribution < -0.4 is 4.90 Å². The molecule has 1 saturated heterocycles. The van der Waals surface area contributed by atoms with Gasteiger partial charge in [0.15, 0.2) is 11.5 Å². The van der Waals surface area contributed by atoms with Crippen LogP contribution in [0.3, 0.4) is 0 Å². The Morgan fingerprint density at radius 2 is 2.00 bits per heavy atom. The largest absolute Gasteiger partial charge is 0.440 e. The molecule has 3 heterocycles. The molecule has 0 N–H and O–H groups in total. The van der Waals surface area contributed by atoms with E-state index in [1.807, 2.05) is 30.3 Å². The van der Waals surface area contributed by atoms with E-state index in [2.05, 4.69) is 19.9 Å². The number of oxazole rings is 1. The van der Waals surface area contributed by atoms with E-state index < -0.39 is 0 Å². The molecular formula is C20H17FN4O. The number of benzene rings is 2. The molecule has 0 bridgehead atoms. The van der Waals surface area contributed by atoms with Crippen LogP contribution in [-0.4, -0.2) is 28.0 Å². The average Bonchev–Trinajstić information content (AvgIpc) is 3.12. The zero-order valence-electron chi connectivity index (χ0n) is 14.1. The first-order valence-electron chi connectivity index (χ1n) is 8.79. The van der Waals surface area contributed by atoms with E-state index in [0.717, 1.165) is 54.1 Å². The van der Waals surface area contributed by atoms with Crippen molar-refractivity contribution in [3.8, 4) is 0 Å². The molecule has 0 radical (unpaired) electrons. The van der Waals surface area contributed by atoms with E-state index in [9.17, 15) is 4.39 Å². The van der Waals surface area contributed by atoms with E-state index in [4.69, 9.17) is 4.42 Å². The Hall–Kier alpha value is -3.02. The molecule has 0 amide bonds. The summed E-state index contributed by atoms with van der Waals surface area (Å²) < 4.78 is 20.0. The number of nitrogens with zero attached hydrogens (tertiary/aromatic N) is 4. The highest BCUT2D eigenvalue weighted by atomic mass is 19.1. The molecule has 1 atom stereocenters. The molecule has 0 aliphatic carbocycles. The number of fused-ring (bicyclic) bond motifs is 2. The predicted octanol–water partition coefficient (Wildman–Crippen LogP) is 4.29. The lowest BCUT2D eigenvalue weighted by Gasteiger charge is -2.32. The molecule has 1 aliphatic heterocycles. The second-order valence-electron chi connectivity index (χ2n) is 6.64. The summed E-state index contributed by atoms with van der Waals surface area (Å²) in [7, 11) is 0. The molecule has 5 nitrogen and oxygen atoms in total. The van der Waals surface area contributed by atoms with Crippen LogP contribution in [0.15, 0.2) is 53.2 Å². The van der Waals surface area contributed by atoms with Crippen LogP contribution in [-0.2, 0) is 0 Å². The molecule has 1 aliphatic rings. The van der Waals surface area contributed by atoms with E-state index in [0.29, 0.717) is 5.52 Å². The topological polar surface area (TPSA) is 55.1 Å². The van der Waals surface area contributed by atoms with Crippen LogP contribution in [0.1, 0.15) is 24.7 Å². The Morgan fingerprint density at radius 1 is 1.08 bits per heavy atom. The van der Waals surface area contributed by atoms with Gasteiger partial charge < -0.3 is 9.32 Å². The highest BCUT2D eigenvalue weighted by molar-refractivity contribution is 5.89. The van der Waals surface area contributed by atoms with Crippen LogP contribution in [0.5, 0.6) is 0 Å². The van der Waals surface area contributed by atoms with Gasteiger partial charge in [-0.25, -0.2) is 19.3 Å². The third-order valence-corrected chi connectivity index (χ3v) is 4.98. The molecule has 4 aromatic rings. The standard InChI is InChI=1S/C20H17FN4O/c21-15-7-3-6-14-18(15)22-12-23-19(14)25-10-4-5-13(11-25)20-24-16-8-1-2-9-17(16)26-20/h1-3,6-9,12-13H,4-5,10-11H2. The molecule has 0 saturated carbocycles. The predicted molar refractivity (Wildman–Crippen MR) is 97.7 cm³/mol. The molecule has 1 fully saturated rings. The van der Waals surface area contributed by atoms with Crippen molar-refractivity contribution < 1.29 is 8.81 Å². The third-order valence-electron chi connectivity index (χ3n) is 4.98. The van der Waals surface area contributed by atoms with E-state index >= 15 is 0 Å². The van der Waals surface area contributed by atoms with Gasteiger partial charge in [0.1, 0.15) is 29.0 Å². The van der Waals surface area contributed by atoms with Crippen LogP contribution in [0.25, 0.3) is 22.0 Å². The van der Waals surface area contributed by atoms with Gasteiger partial charge in [-0.15, -0.1) is 0 Å². The zero-order chi connectivity index (χ0) is 17.5. The van der Waals surface area contributed by atoms with Gasteiger partial charge in [-0.05, 0) is 37.1 Å². The molecule has 26 heavy (non-hydrogen) atoms. The van der Waals surface area contributed by atoms with Crippen molar-refractivity contribution in [1.29, 1.82) is 0 Å². The Balaban J connectivity index is 1.50. The Morgan fingerprint density at radius 3 is 2.92 bits per heavy atom. The quantitative estimate of drug-likeness (QED) is 0.541. The summed E-state index contributed by atoms with van der Waals surface area (Å²) in [5, 5.41) is 0.741. The molecule has 5 rings (SSSR count). The summed E-state index contributed by atoms with van der Waals surface area (Å²) in [5.74, 6) is 1.41. The van der Waals surface area contributed by atoms with Crippen molar-refractivity contribution in [3.63, 3.8) is 0 Å². The number of hydrogen-bond donors (Lipinski definition) is 0. The van der Waals surface area contributed by atoms with Gasteiger partial charge in [-0.2, -0.15) is 0 Å². The lowest BCUT2D eigenvalue weighted by Crippen LogP contribution is -2.35. The number of piperidine rings is 1. The summed E-state index contributed by atoms with van der Waals surface area (Å²) in [6.07, 6.45) is 3.45. The monoisotopic (exact) mass is 348 g/mol. The van der Waals surface area contributed by atoms with Gasteiger partial charge in [-0.1, -0.05) is 18.2 Å². The number of hydrogen-bond acceptors (Lipinski definition) is 5. The van der Waals surface area contributed by atoms with Gasteiger partial charge in [0, 0.05) is 18.5 Å². The van der Waals surface area contributed by atoms with Gasteiger partial charge in [0.25, 0.3) is 0 Å². The number of aromatic nitrogens is 3. The number of anilines is 1. The minimum absolute atomic E-state index is 0.190. The van der Waals surface area contributed by atoms with Crippen molar-refractivity contribution >= 4 is 27.8 Å². The number of para-hydroxylation sites is 3. The van der Waals surface area contributed by atoms with Crippen LogP contribution >= 0.6 is 0 Å². The second-order valence-corrected chi connectivity index (χ2v) is 6.64. The number of halogens is 1. The first-order chi connectivity index (χ1) is 12.8. The van der Waals surface area contributed by atoms with Crippen molar-refractivity contribution in [1.82, 2.24) is 15.0 Å². The van der Waals surface area contributed by atoms with Crippen molar-refractivity contribution in [2.24, 2.45) is 0 Å². The third kappa shape index (κ3) is 2.49. The summed E-state index contributed by atoms with van der Waals surface area (Å²) in [4.78, 5) is 15.4. The first-order valence-corrected chi connectivity index (χ1v) is 8.79. The maximum Gasteiger partial charge on any atom is 0.200 e. The smallest absolute Gasteiger partial charge is 0.200 e. The van der Waals surface area contributed by atoms with Crippen molar-refractivity contribution in [3.05, 3.63) is 60.5 Å². The lowest BCUT2D eigenvalue weighted by atomic mass is 9.97. The van der Waals surface area contributed by atoms with Gasteiger partial charge in [-0.3, -0.25) is 0 Å². The fourth-order valence-electron chi connectivity index (χ4n) is 3.73. The van der Waals surface area contributed by atoms with Gasteiger partial charge in [0.2, 0.25) is 0 Å². The molecule has 0 spiro atoms. The highest BCUT2D eigenvalue weighted by Gasteiger charge is 2.27. The molecule has 130 valence electrons. The molecule has 1 unspecified atom stereocenters. The van der Waals surface area contributed by atoms with Crippen molar-refractivity contribution in [2.45, 2.75) is 18.8 Å². The fraction of sp³-hybridized carbons (Fsp3) is 0.250. The zero-order valence-corrected chi connectivity index (χ0v) is 14.1. The van der Waals surface area contributed by atoms with Gasteiger partial charge >= 0.3 is 0 Å². The van der Waals surface area contributed by atoms with Crippen molar-refractivity contribution in [2.75, 3.05) is 18.0 Å². The normalized spacial score (nSPS) is 17.9. The highest BCUT2D eigenvalue weighted by Crippen LogP contribution is 2.33. The van der Waals surface area contributed by atoms with E-state index in [-0.39, 0.29) is 11.7 Å². The fourth-order valence-corrected chi connectivity index (χ4v) is 3.73. The van der Waals surface area contributed by atoms with Crippen LogP contribution in [0, 0.1) is 5.82 Å². The maximum atomic E-state index is 14.1. The summed E-state index contributed by atoms with van der Waals surface area (Å²) >= 11 is 0. The summed E-state index contributed by atoms with van der Waals surface area (Å²) in [6.45, 7) is 1.62. The van der Waals surface area contributed by atoms with E-state index in [1.165, 1.54) is 12.4 Å². The number of rotatable bonds is 2. The van der Waals surface area contributed by atoms with Crippen LogP contribution in [0.2, 0.25) is 0 Å². The minimum atomic E-state index is -0.321. The lowest BCUT2D eigenvalue weighted by molar-refractivity contribution is 0.412. The molecule has 6 heteroatoms. The molecular weight excluding hydrogens is 331 g/mol. The maximum absolute atomic E-state index is 14.1. The van der Waals surface area contributed by atoms with Gasteiger partial charge in [0.05, 0.1) is 5.92 Å². The SMILES string of the molecule is Fc1cccc2c(N3CCCC(c4nc5ccccc5o4)C3)ncnc12.